The quantitative estimate of drug-likeness (QED) is 0.586. The fourth-order valence-electron chi connectivity index (χ4n) is 5.04. The molecule has 0 aromatic carbocycles. The third-order valence-corrected chi connectivity index (χ3v) is 6.30. The van der Waals surface area contributed by atoms with Crippen molar-refractivity contribution in [1.82, 2.24) is 0 Å². The molecule has 0 N–H and O–H groups in total. The summed E-state index contributed by atoms with van der Waals surface area (Å²) in [6.45, 7) is 11.1. The van der Waals surface area contributed by atoms with Crippen molar-refractivity contribution in [3.05, 3.63) is 12.2 Å². The van der Waals surface area contributed by atoms with Gasteiger partial charge in [0.25, 0.3) is 0 Å². The molecule has 0 amide bonds. The van der Waals surface area contributed by atoms with E-state index in [2.05, 4.69) is 6.58 Å². The van der Waals surface area contributed by atoms with E-state index in [4.69, 9.17) is 9.47 Å². The first-order valence-electron chi connectivity index (χ1n) is 8.69. The van der Waals surface area contributed by atoms with Crippen LogP contribution in [0.3, 0.4) is 0 Å². The minimum absolute atomic E-state index is 0.000810. The third kappa shape index (κ3) is 2.81. The molecule has 0 spiro atoms. The van der Waals surface area contributed by atoms with E-state index in [9.17, 15) is 9.59 Å². The lowest BCUT2D eigenvalue weighted by Crippen LogP contribution is -2.58. The SMILES string of the molecule is C=C(C)C(C)(C)OC(=O)C12CC3CC(C1)C(OC(C)=O)C(C3)C2. The molecule has 0 aliphatic heterocycles. The van der Waals surface area contributed by atoms with Gasteiger partial charge in [0, 0.05) is 6.92 Å². The molecule has 4 fully saturated rings. The second kappa shape index (κ2) is 5.35. The molecule has 0 saturated heterocycles. The molecular weight excluding hydrogens is 292 g/mol. The van der Waals surface area contributed by atoms with Crippen LogP contribution in [0, 0.1) is 23.2 Å². The average Bonchev–Trinajstić information content (AvgIpc) is 2.41. The molecule has 128 valence electrons. The Morgan fingerprint density at radius 1 is 1.09 bits per heavy atom. The fraction of sp³-hybridized carbons (Fsp3) is 0.789. The first kappa shape index (κ1) is 16.5. The summed E-state index contributed by atoms with van der Waals surface area (Å²) in [5.41, 5.74) is -0.149. The number of esters is 2. The Balaban J connectivity index is 1.78. The van der Waals surface area contributed by atoms with Gasteiger partial charge in [0.05, 0.1) is 5.41 Å². The first-order valence-corrected chi connectivity index (χ1v) is 8.69. The maximum atomic E-state index is 13.0. The molecule has 23 heavy (non-hydrogen) atoms. The van der Waals surface area contributed by atoms with E-state index in [0.717, 1.165) is 37.7 Å². The molecule has 0 aromatic rings. The van der Waals surface area contributed by atoms with Crippen LogP contribution in [0.5, 0.6) is 0 Å². The van der Waals surface area contributed by atoms with Crippen LogP contribution in [0.2, 0.25) is 0 Å². The number of hydrogen-bond donors (Lipinski definition) is 0. The van der Waals surface area contributed by atoms with Gasteiger partial charge in [0.2, 0.25) is 0 Å². The van der Waals surface area contributed by atoms with E-state index < -0.39 is 5.60 Å². The van der Waals surface area contributed by atoms with Gasteiger partial charge in [-0.2, -0.15) is 0 Å². The van der Waals surface area contributed by atoms with E-state index in [1.165, 1.54) is 6.92 Å². The minimum atomic E-state index is -0.629. The highest BCUT2D eigenvalue weighted by Crippen LogP contribution is 2.61. The lowest BCUT2D eigenvalue weighted by atomic mass is 9.48. The van der Waals surface area contributed by atoms with Crippen molar-refractivity contribution in [3.63, 3.8) is 0 Å². The maximum Gasteiger partial charge on any atom is 0.312 e. The van der Waals surface area contributed by atoms with E-state index in [1.54, 1.807) is 0 Å². The van der Waals surface area contributed by atoms with Crippen molar-refractivity contribution in [3.8, 4) is 0 Å². The molecule has 4 aliphatic carbocycles. The highest BCUT2D eigenvalue weighted by molar-refractivity contribution is 5.78. The fourth-order valence-corrected chi connectivity index (χ4v) is 5.04. The summed E-state index contributed by atoms with van der Waals surface area (Å²) in [5, 5.41) is 0. The summed E-state index contributed by atoms with van der Waals surface area (Å²) in [6, 6.07) is 0. The van der Waals surface area contributed by atoms with Gasteiger partial charge in [0.1, 0.15) is 11.7 Å². The zero-order valence-corrected chi connectivity index (χ0v) is 14.7. The minimum Gasteiger partial charge on any atom is -0.462 e. The zero-order chi connectivity index (χ0) is 17.0. The highest BCUT2D eigenvalue weighted by atomic mass is 16.6. The van der Waals surface area contributed by atoms with Crippen LogP contribution in [0.15, 0.2) is 12.2 Å². The average molecular weight is 320 g/mol. The van der Waals surface area contributed by atoms with Crippen molar-refractivity contribution in [2.75, 3.05) is 0 Å². The standard InChI is InChI=1S/C19H28O4/c1-11(2)18(4,5)23-17(21)19-8-13-6-14(9-19)16(22-12(3)20)15(7-13)10-19/h13-16H,1,6-10H2,2-5H3. The van der Waals surface area contributed by atoms with Crippen LogP contribution in [0.4, 0.5) is 0 Å². The van der Waals surface area contributed by atoms with E-state index in [-0.39, 0.29) is 23.5 Å². The van der Waals surface area contributed by atoms with Crippen molar-refractivity contribution in [1.29, 1.82) is 0 Å². The molecule has 2 unspecified atom stereocenters. The Kier molecular flexibility index (Phi) is 3.85. The van der Waals surface area contributed by atoms with Gasteiger partial charge < -0.3 is 9.47 Å². The van der Waals surface area contributed by atoms with Crippen LogP contribution >= 0.6 is 0 Å². The van der Waals surface area contributed by atoms with E-state index >= 15 is 0 Å². The topological polar surface area (TPSA) is 52.6 Å². The van der Waals surface area contributed by atoms with Gasteiger partial charge in [-0.05, 0) is 76.2 Å². The van der Waals surface area contributed by atoms with E-state index in [0.29, 0.717) is 17.8 Å². The zero-order valence-electron chi connectivity index (χ0n) is 14.7. The largest absolute Gasteiger partial charge is 0.462 e. The molecule has 2 atom stereocenters. The second-order valence-electron chi connectivity index (χ2n) is 8.50. The van der Waals surface area contributed by atoms with Crippen LogP contribution in [-0.2, 0) is 19.1 Å². The summed E-state index contributed by atoms with van der Waals surface area (Å²) >= 11 is 0. The summed E-state index contributed by atoms with van der Waals surface area (Å²) in [5.74, 6) is 0.907. The Morgan fingerprint density at radius 3 is 2.13 bits per heavy atom. The molecule has 4 rings (SSSR count). The van der Waals surface area contributed by atoms with Gasteiger partial charge in [-0.25, -0.2) is 0 Å². The molecule has 4 heteroatoms. The molecule has 0 heterocycles. The Morgan fingerprint density at radius 2 is 1.65 bits per heavy atom. The summed E-state index contributed by atoms with van der Waals surface area (Å²) in [4.78, 5) is 24.4. The first-order chi connectivity index (χ1) is 10.6. The predicted octanol–water partition coefficient (Wildman–Crippen LogP) is 3.64. The number of hydrogen-bond acceptors (Lipinski definition) is 4. The van der Waals surface area contributed by atoms with Crippen LogP contribution in [0.1, 0.15) is 59.8 Å². The molecule has 0 aromatic heterocycles. The number of rotatable bonds is 4. The lowest BCUT2D eigenvalue weighted by Gasteiger charge is -2.58. The maximum absolute atomic E-state index is 13.0. The predicted molar refractivity (Wildman–Crippen MR) is 86.5 cm³/mol. The Hall–Kier alpha value is -1.32. The lowest BCUT2D eigenvalue weighted by molar-refractivity contribution is -0.200. The summed E-state index contributed by atoms with van der Waals surface area (Å²) < 4.78 is 11.4. The summed E-state index contributed by atoms with van der Waals surface area (Å²) in [7, 11) is 0. The Labute approximate surface area is 138 Å². The molecule has 0 radical (unpaired) electrons. The van der Waals surface area contributed by atoms with Gasteiger partial charge in [-0.15, -0.1) is 0 Å². The highest BCUT2D eigenvalue weighted by Gasteiger charge is 2.60. The number of carbonyl (C=O) groups is 2. The van der Waals surface area contributed by atoms with Crippen molar-refractivity contribution in [2.45, 2.75) is 71.5 Å². The van der Waals surface area contributed by atoms with Gasteiger partial charge in [-0.3, -0.25) is 9.59 Å². The summed E-state index contributed by atoms with van der Waals surface area (Å²) in [6.07, 6.45) is 4.67. The molecule has 4 bridgehead atoms. The van der Waals surface area contributed by atoms with Gasteiger partial charge in [0.15, 0.2) is 0 Å². The van der Waals surface area contributed by atoms with Gasteiger partial charge in [-0.1, -0.05) is 6.58 Å². The van der Waals surface area contributed by atoms with Crippen molar-refractivity contribution < 1.29 is 19.1 Å². The van der Waals surface area contributed by atoms with Crippen LogP contribution in [0.25, 0.3) is 0 Å². The number of ether oxygens (including phenoxy) is 2. The molecule has 4 saturated carbocycles. The smallest absolute Gasteiger partial charge is 0.312 e. The molecular formula is C19H28O4. The van der Waals surface area contributed by atoms with Crippen LogP contribution in [-0.4, -0.2) is 23.6 Å². The second-order valence-corrected chi connectivity index (χ2v) is 8.50. The van der Waals surface area contributed by atoms with Crippen molar-refractivity contribution in [2.24, 2.45) is 23.2 Å². The van der Waals surface area contributed by atoms with Crippen LogP contribution < -0.4 is 0 Å². The third-order valence-electron chi connectivity index (χ3n) is 6.30. The Bertz CT molecular complexity index is 532. The van der Waals surface area contributed by atoms with Gasteiger partial charge >= 0.3 is 11.9 Å². The molecule has 4 aliphatic rings. The number of carbonyl (C=O) groups excluding carboxylic acids is 2. The molecule has 4 nitrogen and oxygen atoms in total. The van der Waals surface area contributed by atoms with E-state index in [1.807, 2.05) is 20.8 Å². The van der Waals surface area contributed by atoms with Crippen molar-refractivity contribution >= 4 is 11.9 Å². The normalized spacial score (nSPS) is 38.3. The monoisotopic (exact) mass is 320 g/mol.